The Kier molecular flexibility index (Phi) is 2.57. The average molecular weight is 94.0 g/mol. The molecule has 0 heterocycles. The summed E-state index contributed by atoms with van der Waals surface area (Å²) in [6, 6.07) is 0. The molecule has 0 fully saturated rings. The standard InChI is InChI=1S/C2H8P2/c1-4(2)3/h3H2,1-2H3. The minimum Gasteiger partial charge on any atom is -0.112 e. The lowest BCUT2D eigenvalue weighted by Gasteiger charge is -1.81. The Labute approximate surface area is 30.8 Å². The van der Waals surface area contributed by atoms with Crippen molar-refractivity contribution in [2.45, 2.75) is 0 Å². The number of rotatable bonds is 0. The van der Waals surface area contributed by atoms with Gasteiger partial charge in [0.1, 0.15) is 0 Å². The van der Waals surface area contributed by atoms with Crippen LogP contribution in [0.15, 0.2) is 0 Å². The highest BCUT2D eigenvalue weighted by atomic mass is 32.0. The van der Waals surface area contributed by atoms with Gasteiger partial charge in [-0.1, -0.05) is 7.61 Å². The summed E-state index contributed by atoms with van der Waals surface area (Å²) in [6.45, 7) is 4.39. The Bertz CT molecular complexity index is 8.75. The van der Waals surface area contributed by atoms with Crippen molar-refractivity contribution in [3.05, 3.63) is 0 Å². The van der Waals surface area contributed by atoms with Crippen molar-refractivity contribution in [1.82, 2.24) is 0 Å². The van der Waals surface area contributed by atoms with Gasteiger partial charge in [0.25, 0.3) is 0 Å². The zero-order chi connectivity index (χ0) is 3.58. The first-order valence-electron chi connectivity index (χ1n) is 1.15. The van der Waals surface area contributed by atoms with E-state index in [0.717, 1.165) is 0 Å². The molecule has 0 saturated carbocycles. The van der Waals surface area contributed by atoms with Crippen LogP contribution in [0.2, 0.25) is 0 Å². The lowest BCUT2D eigenvalue weighted by molar-refractivity contribution is 2.30. The minimum absolute atomic E-state index is 0.296. The summed E-state index contributed by atoms with van der Waals surface area (Å²) < 4.78 is 0. The van der Waals surface area contributed by atoms with E-state index in [1.165, 1.54) is 0 Å². The molecule has 0 aliphatic carbocycles. The zero-order valence-corrected chi connectivity index (χ0v) is 5.07. The molecule has 0 spiro atoms. The van der Waals surface area contributed by atoms with Crippen LogP contribution in [0.1, 0.15) is 0 Å². The van der Waals surface area contributed by atoms with Crippen molar-refractivity contribution < 1.29 is 0 Å². The van der Waals surface area contributed by atoms with E-state index in [4.69, 9.17) is 0 Å². The quantitative estimate of drug-likeness (QED) is 0.399. The van der Waals surface area contributed by atoms with Gasteiger partial charge in [-0.15, -0.1) is 8.93 Å². The Hall–Kier alpha value is 0.860. The van der Waals surface area contributed by atoms with Crippen molar-refractivity contribution in [1.29, 1.82) is 0 Å². The molecule has 0 aromatic carbocycles. The molecule has 2 heteroatoms. The maximum Gasteiger partial charge on any atom is -0.0413 e. The second-order valence-corrected chi connectivity index (χ2v) is 5.99. The van der Waals surface area contributed by atoms with Gasteiger partial charge in [0.15, 0.2) is 0 Å². The van der Waals surface area contributed by atoms with Crippen molar-refractivity contribution in [2.75, 3.05) is 13.3 Å². The van der Waals surface area contributed by atoms with Crippen LogP contribution in [-0.2, 0) is 0 Å². The minimum atomic E-state index is 0.296. The van der Waals surface area contributed by atoms with Gasteiger partial charge in [-0.25, -0.2) is 0 Å². The molecular weight excluding hydrogens is 86.0 g/mol. The fraction of sp³-hybridized carbons (Fsp3) is 1.00. The second kappa shape index (κ2) is 2.12. The van der Waals surface area contributed by atoms with Crippen LogP contribution >= 0.6 is 16.5 Å². The molecule has 0 rings (SSSR count). The highest BCUT2D eigenvalue weighted by Crippen LogP contribution is 2.33. The fourth-order valence-corrected chi connectivity index (χ4v) is 0. The van der Waals surface area contributed by atoms with E-state index >= 15 is 0 Å². The van der Waals surface area contributed by atoms with Crippen LogP contribution < -0.4 is 0 Å². The van der Waals surface area contributed by atoms with Gasteiger partial charge in [-0.3, -0.25) is 0 Å². The third-order valence-corrected chi connectivity index (χ3v) is 0. The van der Waals surface area contributed by atoms with E-state index in [1.807, 2.05) is 0 Å². The first-order chi connectivity index (χ1) is 1.73. The maximum atomic E-state index is 2.72. The molecule has 0 N–H and O–H groups in total. The summed E-state index contributed by atoms with van der Waals surface area (Å²) >= 11 is 0. The van der Waals surface area contributed by atoms with Crippen LogP contribution in [-0.4, -0.2) is 13.3 Å². The van der Waals surface area contributed by atoms with Gasteiger partial charge in [0, 0.05) is 0 Å². The molecular formula is C2H8P2. The lowest BCUT2D eigenvalue weighted by atomic mass is 11.9. The van der Waals surface area contributed by atoms with Gasteiger partial charge in [-0.05, 0) is 13.3 Å². The molecule has 0 aliphatic heterocycles. The van der Waals surface area contributed by atoms with Crippen molar-refractivity contribution >= 4 is 16.5 Å². The van der Waals surface area contributed by atoms with Crippen LogP contribution in [0, 0.1) is 0 Å². The normalized spacial score (nSPS) is 9.00. The van der Waals surface area contributed by atoms with Crippen LogP contribution in [0.4, 0.5) is 0 Å². The van der Waals surface area contributed by atoms with Gasteiger partial charge in [0.05, 0.1) is 0 Å². The Morgan fingerprint density at radius 2 is 1.50 bits per heavy atom. The van der Waals surface area contributed by atoms with E-state index in [9.17, 15) is 0 Å². The van der Waals surface area contributed by atoms with Crippen LogP contribution in [0.5, 0.6) is 0 Å². The topological polar surface area (TPSA) is 0 Å². The zero-order valence-electron chi connectivity index (χ0n) is 3.02. The summed E-state index contributed by atoms with van der Waals surface area (Å²) in [5.41, 5.74) is 0. The first kappa shape index (κ1) is 4.86. The van der Waals surface area contributed by atoms with Crippen LogP contribution in [0.25, 0.3) is 0 Å². The lowest BCUT2D eigenvalue weighted by Crippen LogP contribution is -1.34. The fourth-order valence-electron chi connectivity index (χ4n) is 0. The van der Waals surface area contributed by atoms with Crippen molar-refractivity contribution in [3.63, 3.8) is 0 Å². The molecule has 0 aromatic heterocycles. The van der Waals surface area contributed by atoms with E-state index < -0.39 is 0 Å². The molecule has 1 unspecified atom stereocenters. The summed E-state index contributed by atoms with van der Waals surface area (Å²) in [7, 11) is 3.02. The number of hydrogen-bond donors (Lipinski definition) is 0. The molecule has 0 aliphatic rings. The maximum absolute atomic E-state index is 2.72. The first-order valence-corrected chi connectivity index (χ1v) is 5.01. The highest BCUT2D eigenvalue weighted by molar-refractivity contribution is 8.12. The molecule has 26 valence electrons. The highest BCUT2D eigenvalue weighted by Gasteiger charge is 1.65. The predicted octanol–water partition coefficient (Wildman–Crippen LogP) is 1.52. The van der Waals surface area contributed by atoms with E-state index in [0.29, 0.717) is 7.61 Å². The Balaban J connectivity index is 2.32. The summed E-state index contributed by atoms with van der Waals surface area (Å²) in [4.78, 5) is 0. The molecule has 4 heavy (non-hydrogen) atoms. The smallest absolute Gasteiger partial charge is 0.0413 e. The third kappa shape index (κ3) is 13.4. The van der Waals surface area contributed by atoms with Crippen molar-refractivity contribution in [2.24, 2.45) is 0 Å². The third-order valence-electron chi connectivity index (χ3n) is 0. The molecule has 0 radical (unpaired) electrons. The van der Waals surface area contributed by atoms with E-state index in [1.54, 1.807) is 0 Å². The Morgan fingerprint density at radius 1 is 1.50 bits per heavy atom. The van der Waals surface area contributed by atoms with Crippen molar-refractivity contribution in [3.8, 4) is 0 Å². The molecule has 0 bridgehead atoms. The largest absolute Gasteiger partial charge is 0.112 e. The van der Waals surface area contributed by atoms with Gasteiger partial charge < -0.3 is 0 Å². The molecule has 0 amide bonds. The molecule has 0 nitrogen and oxygen atoms in total. The average Bonchev–Trinajstić information content (AvgIpc) is 0.811. The summed E-state index contributed by atoms with van der Waals surface area (Å²) in [6.07, 6.45) is 0. The number of hydrogen-bond acceptors (Lipinski definition) is 0. The summed E-state index contributed by atoms with van der Waals surface area (Å²) in [5.74, 6) is 0. The Morgan fingerprint density at radius 3 is 1.50 bits per heavy atom. The monoisotopic (exact) mass is 94.0 g/mol. The SMILES string of the molecule is CP(C)P. The molecule has 0 saturated heterocycles. The van der Waals surface area contributed by atoms with Gasteiger partial charge in [0.2, 0.25) is 0 Å². The summed E-state index contributed by atoms with van der Waals surface area (Å²) in [5, 5.41) is 0. The van der Waals surface area contributed by atoms with E-state index in [2.05, 4.69) is 22.3 Å². The molecule has 0 aromatic rings. The molecule has 1 atom stereocenters. The second-order valence-electron chi connectivity index (χ2n) is 0.964. The predicted molar refractivity (Wildman–Crippen MR) is 28.5 cm³/mol. The van der Waals surface area contributed by atoms with E-state index in [-0.39, 0.29) is 0 Å². The van der Waals surface area contributed by atoms with Gasteiger partial charge in [-0.2, -0.15) is 0 Å². The van der Waals surface area contributed by atoms with Gasteiger partial charge >= 0.3 is 0 Å². The van der Waals surface area contributed by atoms with Crippen LogP contribution in [0.3, 0.4) is 0 Å².